The summed E-state index contributed by atoms with van der Waals surface area (Å²) in [7, 11) is -3.12. The van der Waals surface area contributed by atoms with Crippen LogP contribution >= 0.6 is 11.8 Å². The number of ketones is 1. The number of aliphatic imine (C=N–C) groups is 1. The lowest BCUT2D eigenvalue weighted by atomic mass is 10.0. The minimum absolute atomic E-state index is 0.0459. The molecule has 8 heteroatoms. The molecule has 29 heavy (non-hydrogen) atoms. The normalized spacial score (nSPS) is 27.5. The number of sulfone groups is 1. The lowest BCUT2D eigenvalue weighted by molar-refractivity contribution is -0.118. The van der Waals surface area contributed by atoms with Crippen molar-refractivity contribution in [1.82, 2.24) is 0 Å². The molecule has 156 valence electrons. The van der Waals surface area contributed by atoms with Gasteiger partial charge in [0, 0.05) is 22.9 Å². The summed E-state index contributed by atoms with van der Waals surface area (Å²) in [4.78, 5) is 30.6. The molecule has 1 aromatic carbocycles. The SMILES string of the molecule is CC(=O)c1cccc(N2C(=NC(=O)CCC3CCCC3)SC3CS(=O)(=O)CC32)c1. The van der Waals surface area contributed by atoms with Crippen LogP contribution in [0.2, 0.25) is 0 Å². The molecule has 4 rings (SSSR count). The molecule has 0 radical (unpaired) electrons. The Balaban J connectivity index is 1.59. The van der Waals surface area contributed by atoms with E-state index in [0.717, 1.165) is 12.1 Å². The van der Waals surface area contributed by atoms with Gasteiger partial charge in [0.2, 0.25) is 5.91 Å². The highest BCUT2D eigenvalue weighted by molar-refractivity contribution is 8.16. The zero-order valence-corrected chi connectivity index (χ0v) is 18.2. The van der Waals surface area contributed by atoms with E-state index in [1.807, 2.05) is 11.0 Å². The number of Topliss-reactive ketones (excluding diaryl/α,β-unsaturated/α-hetero) is 1. The summed E-state index contributed by atoms with van der Waals surface area (Å²) in [6.07, 6.45) is 6.21. The summed E-state index contributed by atoms with van der Waals surface area (Å²) in [6.45, 7) is 1.50. The smallest absolute Gasteiger partial charge is 0.248 e. The second kappa shape index (κ2) is 8.22. The predicted octanol–water partition coefficient (Wildman–Crippen LogP) is 3.46. The monoisotopic (exact) mass is 434 g/mol. The van der Waals surface area contributed by atoms with Gasteiger partial charge in [0.15, 0.2) is 20.8 Å². The number of thioether (sulfide) groups is 1. The van der Waals surface area contributed by atoms with Crippen molar-refractivity contribution in [3.63, 3.8) is 0 Å². The van der Waals surface area contributed by atoms with Crippen molar-refractivity contribution in [3.05, 3.63) is 29.8 Å². The zero-order valence-electron chi connectivity index (χ0n) is 16.5. The Morgan fingerprint density at radius 1 is 1.21 bits per heavy atom. The highest BCUT2D eigenvalue weighted by Crippen LogP contribution is 2.41. The second-order valence-corrected chi connectivity index (χ2v) is 11.6. The lowest BCUT2D eigenvalue weighted by Gasteiger charge is -2.25. The van der Waals surface area contributed by atoms with E-state index < -0.39 is 9.84 Å². The van der Waals surface area contributed by atoms with E-state index in [2.05, 4.69) is 4.99 Å². The van der Waals surface area contributed by atoms with Gasteiger partial charge in [0.05, 0.1) is 17.5 Å². The van der Waals surface area contributed by atoms with Gasteiger partial charge in [-0.1, -0.05) is 49.6 Å². The summed E-state index contributed by atoms with van der Waals surface area (Å²) in [5.41, 5.74) is 1.28. The average molecular weight is 435 g/mol. The molecule has 2 heterocycles. The van der Waals surface area contributed by atoms with Gasteiger partial charge in [-0.05, 0) is 31.4 Å². The Morgan fingerprint density at radius 3 is 2.69 bits per heavy atom. The van der Waals surface area contributed by atoms with E-state index in [-0.39, 0.29) is 34.5 Å². The van der Waals surface area contributed by atoms with Gasteiger partial charge in [0.25, 0.3) is 0 Å². The van der Waals surface area contributed by atoms with Gasteiger partial charge < -0.3 is 4.90 Å². The first-order valence-electron chi connectivity index (χ1n) is 10.2. The fourth-order valence-corrected chi connectivity index (χ4v) is 8.46. The van der Waals surface area contributed by atoms with E-state index in [4.69, 9.17) is 0 Å². The molecule has 0 N–H and O–H groups in total. The van der Waals surface area contributed by atoms with Crippen LogP contribution in [0, 0.1) is 5.92 Å². The number of fused-ring (bicyclic) bond motifs is 1. The quantitative estimate of drug-likeness (QED) is 0.660. The number of benzene rings is 1. The lowest BCUT2D eigenvalue weighted by Crippen LogP contribution is -2.37. The molecule has 1 aromatic rings. The van der Waals surface area contributed by atoms with Gasteiger partial charge in [-0.15, -0.1) is 0 Å². The van der Waals surface area contributed by atoms with E-state index in [1.165, 1.54) is 44.4 Å². The van der Waals surface area contributed by atoms with Crippen LogP contribution in [-0.2, 0) is 14.6 Å². The maximum atomic E-state index is 12.6. The predicted molar refractivity (Wildman–Crippen MR) is 116 cm³/mol. The van der Waals surface area contributed by atoms with Crippen molar-refractivity contribution < 1.29 is 18.0 Å². The molecule has 0 bridgehead atoms. The van der Waals surface area contributed by atoms with E-state index in [0.29, 0.717) is 23.1 Å². The van der Waals surface area contributed by atoms with Gasteiger partial charge >= 0.3 is 0 Å². The number of hydrogen-bond donors (Lipinski definition) is 0. The minimum atomic E-state index is -3.12. The fourth-order valence-electron chi connectivity index (χ4n) is 4.53. The molecule has 2 atom stereocenters. The van der Waals surface area contributed by atoms with Crippen molar-refractivity contribution >= 4 is 44.1 Å². The van der Waals surface area contributed by atoms with Crippen LogP contribution in [0.1, 0.15) is 55.8 Å². The third-order valence-electron chi connectivity index (χ3n) is 6.06. The van der Waals surface area contributed by atoms with Gasteiger partial charge in [0.1, 0.15) is 0 Å². The number of rotatable bonds is 5. The molecular formula is C21H26N2O4S2. The van der Waals surface area contributed by atoms with Gasteiger partial charge in [-0.3, -0.25) is 9.59 Å². The number of carbonyl (C=O) groups excluding carboxylic acids is 2. The third-order valence-corrected chi connectivity index (χ3v) is 9.27. The zero-order chi connectivity index (χ0) is 20.6. The van der Waals surface area contributed by atoms with Crippen molar-refractivity contribution in [1.29, 1.82) is 0 Å². The van der Waals surface area contributed by atoms with Crippen molar-refractivity contribution in [2.24, 2.45) is 10.9 Å². The van der Waals surface area contributed by atoms with Crippen LogP contribution < -0.4 is 4.90 Å². The molecule has 3 fully saturated rings. The number of carbonyl (C=O) groups is 2. The summed E-state index contributed by atoms with van der Waals surface area (Å²) in [5, 5.41) is 0.425. The highest BCUT2D eigenvalue weighted by Gasteiger charge is 2.49. The average Bonchev–Trinajstić information content (AvgIpc) is 3.34. The Kier molecular flexibility index (Phi) is 5.84. The van der Waals surface area contributed by atoms with E-state index in [1.54, 1.807) is 18.2 Å². The molecule has 1 saturated carbocycles. The molecule has 1 amide bonds. The minimum Gasteiger partial charge on any atom is -0.316 e. The van der Waals surface area contributed by atoms with Gasteiger partial charge in [-0.2, -0.15) is 4.99 Å². The molecule has 1 aliphatic carbocycles. The first kappa shape index (κ1) is 20.6. The van der Waals surface area contributed by atoms with Crippen LogP contribution in [0.15, 0.2) is 29.3 Å². The standard InChI is InChI=1S/C21H26N2O4S2/c1-14(24)16-7-4-8-17(11-16)23-18-12-29(26,27)13-19(18)28-21(23)22-20(25)10-9-15-5-2-3-6-15/h4,7-8,11,15,18-19H,2-3,5-6,9-10,12-13H2,1H3. The molecular weight excluding hydrogens is 408 g/mol. The van der Waals surface area contributed by atoms with Crippen LogP contribution in [0.3, 0.4) is 0 Å². The summed E-state index contributed by atoms with van der Waals surface area (Å²) >= 11 is 1.38. The number of amides is 1. The fraction of sp³-hybridized carbons (Fsp3) is 0.571. The van der Waals surface area contributed by atoms with Crippen LogP contribution in [-0.4, -0.2) is 48.1 Å². The maximum Gasteiger partial charge on any atom is 0.248 e. The number of anilines is 1. The number of hydrogen-bond acceptors (Lipinski definition) is 5. The van der Waals surface area contributed by atoms with Crippen LogP contribution in [0.4, 0.5) is 5.69 Å². The Morgan fingerprint density at radius 2 is 1.97 bits per heavy atom. The molecule has 0 aromatic heterocycles. The molecule has 6 nitrogen and oxygen atoms in total. The molecule has 3 aliphatic rings. The molecule has 2 saturated heterocycles. The summed E-state index contributed by atoms with van der Waals surface area (Å²) in [6, 6.07) is 6.87. The molecule has 2 unspecified atom stereocenters. The van der Waals surface area contributed by atoms with Crippen LogP contribution in [0.25, 0.3) is 0 Å². The number of nitrogens with zero attached hydrogens (tertiary/aromatic N) is 2. The van der Waals surface area contributed by atoms with Crippen molar-refractivity contribution in [2.45, 2.75) is 56.7 Å². The van der Waals surface area contributed by atoms with E-state index >= 15 is 0 Å². The van der Waals surface area contributed by atoms with E-state index in [9.17, 15) is 18.0 Å². The maximum absolute atomic E-state index is 12.6. The van der Waals surface area contributed by atoms with Crippen LogP contribution in [0.5, 0.6) is 0 Å². The van der Waals surface area contributed by atoms with Gasteiger partial charge in [-0.25, -0.2) is 8.42 Å². The summed E-state index contributed by atoms with van der Waals surface area (Å²) < 4.78 is 24.3. The Hall–Kier alpha value is -1.67. The Labute approximate surface area is 176 Å². The van der Waals surface area contributed by atoms with Crippen molar-refractivity contribution in [2.75, 3.05) is 16.4 Å². The molecule has 0 spiro atoms. The first-order chi connectivity index (χ1) is 13.8. The van der Waals surface area contributed by atoms with Crippen molar-refractivity contribution in [3.8, 4) is 0 Å². The summed E-state index contributed by atoms with van der Waals surface area (Å²) in [5.74, 6) is 0.573. The second-order valence-electron chi connectivity index (χ2n) is 8.25. The first-order valence-corrected chi connectivity index (χ1v) is 12.9. The number of amidine groups is 1. The Bertz CT molecular complexity index is 951. The topological polar surface area (TPSA) is 83.9 Å². The highest BCUT2D eigenvalue weighted by atomic mass is 32.2. The molecule has 2 aliphatic heterocycles. The largest absolute Gasteiger partial charge is 0.316 e. The third kappa shape index (κ3) is 4.58.